The largest absolute Gasteiger partial charge is 0.394 e. The SMILES string of the molecule is Cc1cn([C@H]2C[C@@H](OP(O)(=S)OC[C@H]3O[C@@H](n4cnc5c(=O)[nH]c(N)nc54)C[C@H]3OP(=O)(S)OC[C@H]3O[C@@H](n4ccc(N)nc4=O)C[C@H]3OP(O)(=S)OC[C@H]3O[C@@H](n4ccc(N)nc4=O)C[C@H]3O)[C@@H](CO)O2)c(=O)[nH]c1=O. The number of ether oxygens (including phenoxy) is 4. The zero-order valence-electron chi connectivity index (χ0n) is 39.8. The van der Waals surface area contributed by atoms with Gasteiger partial charge in [0.15, 0.2) is 11.2 Å². The maximum atomic E-state index is 14.3. The summed E-state index contributed by atoms with van der Waals surface area (Å²) >= 11 is 14.9. The molecule has 0 aromatic carbocycles. The van der Waals surface area contributed by atoms with Crippen molar-refractivity contribution < 1.29 is 70.7 Å². The highest BCUT2D eigenvalue weighted by Gasteiger charge is 2.47. The number of aryl methyl sites for hydroxylation is 1. The number of aromatic nitrogens is 10. The summed E-state index contributed by atoms with van der Waals surface area (Å²) in [7, 11) is 0. The molecule has 0 spiro atoms. The predicted molar refractivity (Wildman–Crippen MR) is 274 cm³/mol. The van der Waals surface area contributed by atoms with Crippen LogP contribution in [-0.2, 0) is 74.3 Å². The number of hydrogen-bond acceptors (Lipinski definition) is 27. The first-order chi connectivity index (χ1) is 36.3. The van der Waals surface area contributed by atoms with E-state index in [1.807, 2.05) is 0 Å². The Hall–Kier alpha value is -4.49. The number of thiol groups is 1. The number of nitrogens with one attached hydrogen (secondary N) is 2. The van der Waals surface area contributed by atoms with E-state index in [1.54, 1.807) is 0 Å². The molecule has 0 amide bonds. The Bertz CT molecular complexity index is 3480. The van der Waals surface area contributed by atoms with Crippen LogP contribution in [0.15, 0.2) is 61.0 Å². The van der Waals surface area contributed by atoms with Crippen molar-refractivity contribution in [2.75, 3.05) is 43.6 Å². The van der Waals surface area contributed by atoms with Crippen LogP contribution in [0.5, 0.6) is 0 Å². The summed E-state index contributed by atoms with van der Waals surface area (Å²) in [5.41, 5.74) is 13.6. The Kier molecular flexibility index (Phi) is 17.0. The molecule has 12 N–H and O–H groups in total. The fourth-order valence-corrected chi connectivity index (χ4v) is 13.3. The van der Waals surface area contributed by atoms with E-state index in [0.717, 1.165) is 13.7 Å². The molecule has 15 atom stereocenters. The van der Waals surface area contributed by atoms with E-state index in [-0.39, 0.29) is 60.0 Å². The molecule has 0 aliphatic carbocycles. The highest BCUT2D eigenvalue weighted by molar-refractivity contribution is 8.44. The van der Waals surface area contributed by atoms with Gasteiger partial charge < -0.3 is 74.2 Å². The van der Waals surface area contributed by atoms with E-state index >= 15 is 0 Å². The molecule has 39 heteroatoms. The number of anilines is 3. The van der Waals surface area contributed by atoms with Gasteiger partial charge in [0.2, 0.25) is 5.95 Å². The fourth-order valence-electron chi connectivity index (χ4n) is 8.80. The lowest BCUT2D eigenvalue weighted by Gasteiger charge is -2.27. The first-order valence-corrected chi connectivity index (χ1v) is 30.8. The van der Waals surface area contributed by atoms with Crippen LogP contribution in [0.2, 0.25) is 0 Å². The van der Waals surface area contributed by atoms with Crippen LogP contribution in [-0.4, -0.2) is 143 Å². The third kappa shape index (κ3) is 13.2. The Labute approximate surface area is 446 Å². The van der Waals surface area contributed by atoms with E-state index in [1.165, 1.54) is 48.5 Å². The van der Waals surface area contributed by atoms with Gasteiger partial charge in [-0.25, -0.2) is 23.9 Å². The van der Waals surface area contributed by atoms with Crippen molar-refractivity contribution in [1.29, 1.82) is 0 Å². The van der Waals surface area contributed by atoms with Crippen LogP contribution < -0.4 is 45.4 Å². The molecule has 4 fully saturated rings. The second-order valence-corrected chi connectivity index (χ2v) is 26.2. The van der Waals surface area contributed by atoms with Gasteiger partial charge in [0, 0.05) is 49.8 Å². The molecule has 420 valence electrons. The van der Waals surface area contributed by atoms with Gasteiger partial charge in [0.25, 0.3) is 11.1 Å². The van der Waals surface area contributed by atoms with Crippen LogP contribution in [0.3, 0.4) is 0 Å². The summed E-state index contributed by atoms with van der Waals surface area (Å²) in [6, 6.07) is 2.70. The van der Waals surface area contributed by atoms with Crippen molar-refractivity contribution in [2.24, 2.45) is 0 Å². The molecule has 5 aromatic rings. The van der Waals surface area contributed by atoms with Crippen LogP contribution in [0.1, 0.15) is 56.2 Å². The molecule has 0 radical (unpaired) electrons. The summed E-state index contributed by atoms with van der Waals surface area (Å²) in [4.78, 5) is 106. The molecule has 4 aliphatic heterocycles. The molecule has 9 heterocycles. The van der Waals surface area contributed by atoms with Crippen molar-refractivity contribution in [3.63, 3.8) is 0 Å². The second-order valence-electron chi connectivity index (χ2n) is 17.8. The lowest BCUT2D eigenvalue weighted by Crippen LogP contribution is -2.33. The summed E-state index contributed by atoms with van der Waals surface area (Å²) in [6.07, 6.45) is -9.44. The van der Waals surface area contributed by atoms with Crippen LogP contribution in [0, 0.1) is 6.92 Å². The maximum absolute atomic E-state index is 14.3. The van der Waals surface area contributed by atoms with Gasteiger partial charge in [0.05, 0.1) is 51.1 Å². The molecule has 9 rings (SSSR count). The second kappa shape index (κ2) is 22.9. The highest BCUT2D eigenvalue weighted by Crippen LogP contribution is 2.58. The van der Waals surface area contributed by atoms with E-state index in [4.69, 9.17) is 86.9 Å². The predicted octanol–water partition coefficient (Wildman–Crippen LogP) is -1.58. The minimum Gasteiger partial charge on any atom is -0.394 e. The monoisotopic (exact) mass is 1200 g/mol. The first-order valence-electron chi connectivity index (χ1n) is 23.0. The van der Waals surface area contributed by atoms with E-state index in [0.29, 0.717) is 0 Å². The number of aromatic amines is 2. The maximum Gasteiger partial charge on any atom is 0.386 e. The van der Waals surface area contributed by atoms with Crippen LogP contribution in [0.4, 0.5) is 17.6 Å². The Morgan fingerprint density at radius 2 is 1.19 bits per heavy atom. The molecule has 77 heavy (non-hydrogen) atoms. The van der Waals surface area contributed by atoms with E-state index < -0.39 is 149 Å². The molecular weight excluding hydrogens is 1150 g/mol. The van der Waals surface area contributed by atoms with E-state index in [2.05, 4.69) is 42.2 Å². The topological polar surface area (TPSA) is 457 Å². The first kappa shape index (κ1) is 57.2. The summed E-state index contributed by atoms with van der Waals surface area (Å²) in [5, 5.41) is 20.9. The molecule has 0 bridgehead atoms. The number of nitrogen functional groups attached to an aromatic ring is 3. The van der Waals surface area contributed by atoms with Gasteiger partial charge in [-0.1, -0.05) is 12.2 Å². The van der Waals surface area contributed by atoms with Crippen molar-refractivity contribution in [1.82, 2.24) is 48.2 Å². The van der Waals surface area contributed by atoms with Gasteiger partial charge in [-0.2, -0.15) is 15.0 Å². The Balaban J connectivity index is 0.893. The Morgan fingerprint density at radius 3 is 1.78 bits per heavy atom. The molecule has 4 saturated heterocycles. The van der Waals surface area contributed by atoms with Crippen LogP contribution in [0.25, 0.3) is 11.2 Å². The number of hydrogen-bond donors (Lipinski definition) is 10. The molecule has 4 aliphatic rings. The molecular formula is C38H50N13O20P3S3. The number of imidazole rings is 1. The van der Waals surface area contributed by atoms with Crippen molar-refractivity contribution in [3.05, 3.63) is 94.8 Å². The normalized spacial score (nSPS) is 29.9. The number of fused-ring (bicyclic) bond motifs is 1. The van der Waals surface area contributed by atoms with Crippen molar-refractivity contribution in [2.45, 2.75) is 106 Å². The van der Waals surface area contributed by atoms with Gasteiger partial charge in [-0.15, -0.1) is 0 Å². The zero-order chi connectivity index (χ0) is 55.3. The lowest BCUT2D eigenvalue weighted by molar-refractivity contribution is -0.0551. The minimum absolute atomic E-state index is 0.00767. The number of aliphatic hydroxyl groups is 2. The number of nitrogens with zero attached hydrogens (tertiary/aromatic N) is 8. The van der Waals surface area contributed by atoms with Crippen LogP contribution >= 0.6 is 32.5 Å². The average Bonchev–Trinajstić information content (AvgIpc) is 4.29. The summed E-state index contributed by atoms with van der Waals surface area (Å²) in [5.74, 6) is -0.356. The number of aliphatic hydroxyl groups excluding tert-OH is 2. The molecule has 5 aromatic heterocycles. The summed E-state index contributed by atoms with van der Waals surface area (Å²) in [6.45, 7) is -14.2. The van der Waals surface area contributed by atoms with Gasteiger partial charge >= 0.3 is 37.3 Å². The zero-order valence-corrected chi connectivity index (χ0v) is 45.0. The quantitative estimate of drug-likeness (QED) is 0.0310. The van der Waals surface area contributed by atoms with Crippen molar-refractivity contribution >= 4 is 84.8 Å². The fraction of sp³-hybridized carbons (Fsp3) is 0.553. The van der Waals surface area contributed by atoms with Gasteiger partial charge in [-0.3, -0.25) is 46.9 Å². The number of nitrogens with two attached hydrogens (primary N) is 3. The minimum atomic E-state index is -4.59. The lowest BCUT2D eigenvalue weighted by atomic mass is 10.2. The van der Waals surface area contributed by atoms with E-state index in [9.17, 15) is 48.5 Å². The number of rotatable bonds is 20. The number of H-pyrrole nitrogens is 2. The van der Waals surface area contributed by atoms with Gasteiger partial charge in [0.1, 0.15) is 67.1 Å². The smallest absolute Gasteiger partial charge is 0.386 e. The average molecular weight is 1200 g/mol. The third-order valence-electron chi connectivity index (χ3n) is 12.5. The molecule has 3 unspecified atom stereocenters. The van der Waals surface area contributed by atoms with Crippen molar-refractivity contribution in [3.8, 4) is 0 Å². The third-order valence-corrected chi connectivity index (χ3v) is 17.3. The Morgan fingerprint density at radius 1 is 0.701 bits per heavy atom. The van der Waals surface area contributed by atoms with Gasteiger partial charge in [-0.05, 0) is 42.7 Å². The summed E-state index contributed by atoms with van der Waals surface area (Å²) < 4.78 is 77.7. The highest BCUT2D eigenvalue weighted by atomic mass is 32.7. The standard InChI is InChI=1S/C38H50N13O20P3S3/c1-16-10-50(38(58)47-33(16)54)29-7-18(21(11-52)65-29)69-73(60,76)63-14-24-20(9-30(68-24)51-15-42-31-32(51)45-35(41)46-34(31)55)71-74(61,77)64-13-23-19(8-28(67-23)49-5-3-26(40)44-37(49)57)70-72(59,75)62-12-22-17(53)6-27(66-22)48-4-2-25(39)43-36(48)56/h2-5,10,15,17-24,27-30,52-53H,6-9,11-14H2,1H3,(H,59,75)(H,60,76)(H,61,77)(H2,39,43,56)(H2,40,44,57)(H,47,54,58)(H3,41,45,46,55)/t17-,18-,19-,20-,21-,22-,23-,24-,27-,28-,29-,30-,72?,73?,74?/m1/s1. The molecule has 0 saturated carbocycles. The molecule has 33 nitrogen and oxygen atoms in total.